The van der Waals surface area contributed by atoms with E-state index in [-0.39, 0.29) is 18.6 Å². The van der Waals surface area contributed by atoms with Crippen LogP contribution >= 0.6 is 0 Å². The predicted molar refractivity (Wildman–Crippen MR) is 90.6 cm³/mol. The van der Waals surface area contributed by atoms with Crippen LogP contribution < -0.4 is 4.74 Å². The highest BCUT2D eigenvalue weighted by Crippen LogP contribution is 2.17. The van der Waals surface area contributed by atoms with Crippen molar-refractivity contribution in [2.24, 2.45) is 0 Å². The second-order valence-corrected chi connectivity index (χ2v) is 5.88. The van der Waals surface area contributed by atoms with Crippen molar-refractivity contribution in [1.29, 1.82) is 0 Å². The molecule has 1 fully saturated rings. The maximum atomic E-state index is 12.3. The predicted octanol–water partition coefficient (Wildman–Crippen LogP) is 2.67. The molecule has 0 bridgehead atoms. The lowest BCUT2D eigenvalue weighted by atomic mass is 10.1. The molecule has 0 radical (unpaired) electrons. The number of benzene rings is 1. The first-order valence-electron chi connectivity index (χ1n) is 8.27. The van der Waals surface area contributed by atoms with Crippen LogP contribution in [0.1, 0.15) is 18.4 Å². The lowest BCUT2D eigenvalue weighted by Gasteiger charge is -2.32. The Morgan fingerprint density at radius 3 is 2.75 bits per heavy atom. The average molecular weight is 326 g/mol. The molecule has 1 unspecified atom stereocenters. The van der Waals surface area contributed by atoms with E-state index in [1.165, 1.54) is 0 Å². The van der Waals surface area contributed by atoms with Gasteiger partial charge in [0, 0.05) is 18.9 Å². The van der Waals surface area contributed by atoms with Crippen molar-refractivity contribution in [1.82, 2.24) is 9.88 Å². The Labute approximate surface area is 142 Å². The second-order valence-electron chi connectivity index (χ2n) is 5.88. The van der Waals surface area contributed by atoms with Gasteiger partial charge in [0.25, 0.3) is 0 Å². The Morgan fingerprint density at radius 1 is 1.17 bits per heavy atom. The van der Waals surface area contributed by atoms with E-state index in [9.17, 15) is 4.79 Å². The highest BCUT2D eigenvalue weighted by molar-refractivity contribution is 5.77. The van der Waals surface area contributed by atoms with E-state index >= 15 is 0 Å². The first-order valence-corrected chi connectivity index (χ1v) is 8.27. The van der Waals surface area contributed by atoms with Gasteiger partial charge in [-0.2, -0.15) is 0 Å². The molecule has 2 heterocycles. The number of piperidine rings is 1. The quantitative estimate of drug-likeness (QED) is 0.819. The summed E-state index contributed by atoms with van der Waals surface area (Å²) in [6.45, 7) is 1.94. The molecule has 0 N–H and O–H groups in total. The third-order valence-electron chi connectivity index (χ3n) is 4.02. The number of pyridine rings is 1. The number of hydrogen-bond donors (Lipinski definition) is 0. The number of likely N-dealkylation sites (tertiary alicyclic amines) is 1. The molecule has 126 valence electrons. The number of rotatable bonds is 6. The van der Waals surface area contributed by atoms with Crippen LogP contribution in [0.5, 0.6) is 5.75 Å². The smallest absolute Gasteiger partial charge is 0.248 e. The summed E-state index contributed by atoms with van der Waals surface area (Å²) in [5.74, 6) is 0.818. The molecule has 2 aromatic rings. The first kappa shape index (κ1) is 16.5. The third-order valence-corrected chi connectivity index (χ3v) is 4.02. The van der Waals surface area contributed by atoms with Gasteiger partial charge in [0.2, 0.25) is 5.91 Å². The van der Waals surface area contributed by atoms with Gasteiger partial charge in [-0.15, -0.1) is 0 Å². The largest absolute Gasteiger partial charge is 0.488 e. The van der Waals surface area contributed by atoms with Gasteiger partial charge in [-0.05, 0) is 30.5 Å². The number of nitrogens with zero attached hydrogens (tertiary/aromatic N) is 2. The van der Waals surface area contributed by atoms with E-state index < -0.39 is 0 Å². The SMILES string of the molecule is O=C(COCc1ccccc1)N1CCCC(Oc2ccncc2)C1. The molecular weight excluding hydrogens is 304 g/mol. The summed E-state index contributed by atoms with van der Waals surface area (Å²) in [4.78, 5) is 18.1. The van der Waals surface area contributed by atoms with E-state index in [2.05, 4.69) is 4.98 Å². The number of aromatic nitrogens is 1. The lowest BCUT2D eigenvalue weighted by molar-refractivity contribution is -0.139. The first-order chi connectivity index (χ1) is 11.8. The second kappa shape index (κ2) is 8.45. The molecule has 1 aromatic heterocycles. The summed E-state index contributed by atoms with van der Waals surface area (Å²) in [7, 11) is 0. The van der Waals surface area contributed by atoms with Crippen LogP contribution in [0.3, 0.4) is 0 Å². The number of hydrogen-bond acceptors (Lipinski definition) is 4. The number of carbonyl (C=O) groups excluding carboxylic acids is 1. The summed E-state index contributed by atoms with van der Waals surface area (Å²) >= 11 is 0. The van der Waals surface area contributed by atoms with Gasteiger partial charge in [0.15, 0.2) is 0 Å². The molecular formula is C19H22N2O3. The summed E-state index contributed by atoms with van der Waals surface area (Å²) in [5.41, 5.74) is 1.07. The van der Waals surface area contributed by atoms with Crippen molar-refractivity contribution in [3.8, 4) is 5.75 Å². The fourth-order valence-electron chi connectivity index (χ4n) is 2.79. The molecule has 1 aromatic carbocycles. The zero-order valence-corrected chi connectivity index (χ0v) is 13.6. The summed E-state index contributed by atoms with van der Waals surface area (Å²) in [6.07, 6.45) is 5.34. The van der Waals surface area contributed by atoms with E-state index in [0.717, 1.165) is 30.7 Å². The minimum absolute atomic E-state index is 0.0222. The minimum atomic E-state index is 0.0222. The van der Waals surface area contributed by atoms with E-state index in [1.807, 2.05) is 47.4 Å². The maximum Gasteiger partial charge on any atom is 0.248 e. The molecule has 0 spiro atoms. The standard InChI is InChI=1S/C19H22N2O3/c22-19(15-23-14-16-5-2-1-3-6-16)21-12-4-7-18(13-21)24-17-8-10-20-11-9-17/h1-3,5-6,8-11,18H,4,7,12-15H2. The van der Waals surface area contributed by atoms with Gasteiger partial charge in [0.1, 0.15) is 18.5 Å². The number of amides is 1. The van der Waals surface area contributed by atoms with Gasteiger partial charge in [-0.25, -0.2) is 0 Å². The summed E-state index contributed by atoms with van der Waals surface area (Å²) < 4.78 is 11.5. The van der Waals surface area contributed by atoms with Gasteiger partial charge in [0.05, 0.1) is 13.2 Å². The molecule has 0 aliphatic carbocycles. The number of ether oxygens (including phenoxy) is 2. The van der Waals surface area contributed by atoms with E-state index in [4.69, 9.17) is 9.47 Å². The molecule has 0 saturated carbocycles. The zero-order valence-electron chi connectivity index (χ0n) is 13.6. The minimum Gasteiger partial charge on any atom is -0.488 e. The molecule has 24 heavy (non-hydrogen) atoms. The van der Waals surface area contributed by atoms with E-state index in [1.54, 1.807) is 12.4 Å². The highest BCUT2D eigenvalue weighted by Gasteiger charge is 2.24. The zero-order chi connectivity index (χ0) is 16.6. The van der Waals surface area contributed by atoms with Crippen molar-refractivity contribution in [2.45, 2.75) is 25.6 Å². The van der Waals surface area contributed by atoms with Crippen LogP contribution in [-0.2, 0) is 16.1 Å². The fraction of sp³-hybridized carbons (Fsp3) is 0.368. The van der Waals surface area contributed by atoms with Crippen LogP contribution in [-0.4, -0.2) is 41.6 Å². The normalized spacial score (nSPS) is 17.5. The van der Waals surface area contributed by atoms with Crippen molar-refractivity contribution in [2.75, 3.05) is 19.7 Å². The Morgan fingerprint density at radius 2 is 1.96 bits per heavy atom. The molecule has 1 atom stereocenters. The van der Waals surface area contributed by atoms with Crippen LogP contribution in [0.15, 0.2) is 54.9 Å². The Hall–Kier alpha value is -2.40. The number of carbonyl (C=O) groups is 1. The molecule has 5 heteroatoms. The molecule has 3 rings (SSSR count). The Kier molecular flexibility index (Phi) is 5.80. The van der Waals surface area contributed by atoms with Crippen LogP contribution in [0.4, 0.5) is 0 Å². The van der Waals surface area contributed by atoms with Gasteiger partial charge in [-0.3, -0.25) is 9.78 Å². The van der Waals surface area contributed by atoms with Gasteiger partial charge < -0.3 is 14.4 Å². The fourth-order valence-corrected chi connectivity index (χ4v) is 2.79. The molecule has 5 nitrogen and oxygen atoms in total. The van der Waals surface area contributed by atoms with Crippen molar-refractivity contribution in [3.63, 3.8) is 0 Å². The molecule has 1 amide bonds. The van der Waals surface area contributed by atoms with Crippen LogP contribution in [0.25, 0.3) is 0 Å². The summed E-state index contributed by atoms with van der Waals surface area (Å²) in [5, 5.41) is 0. The topological polar surface area (TPSA) is 51.7 Å². The highest BCUT2D eigenvalue weighted by atomic mass is 16.5. The van der Waals surface area contributed by atoms with Gasteiger partial charge >= 0.3 is 0 Å². The van der Waals surface area contributed by atoms with Crippen molar-refractivity contribution < 1.29 is 14.3 Å². The molecule has 1 aliphatic heterocycles. The lowest BCUT2D eigenvalue weighted by Crippen LogP contribution is -2.45. The Balaban J connectivity index is 1.44. The van der Waals surface area contributed by atoms with Crippen LogP contribution in [0, 0.1) is 0 Å². The Bertz CT molecular complexity index is 634. The maximum absolute atomic E-state index is 12.3. The third kappa shape index (κ3) is 4.80. The monoisotopic (exact) mass is 326 g/mol. The van der Waals surface area contributed by atoms with Crippen molar-refractivity contribution in [3.05, 3.63) is 60.4 Å². The van der Waals surface area contributed by atoms with Crippen molar-refractivity contribution >= 4 is 5.91 Å². The summed E-state index contributed by atoms with van der Waals surface area (Å²) in [6, 6.07) is 13.5. The van der Waals surface area contributed by atoms with Gasteiger partial charge in [-0.1, -0.05) is 30.3 Å². The average Bonchev–Trinajstić information content (AvgIpc) is 2.64. The molecule has 1 aliphatic rings. The molecule has 1 saturated heterocycles. The van der Waals surface area contributed by atoms with E-state index in [0.29, 0.717) is 13.2 Å². The van der Waals surface area contributed by atoms with Crippen LogP contribution in [0.2, 0.25) is 0 Å².